The highest BCUT2D eigenvalue weighted by Crippen LogP contribution is 2.35. The number of carbonyl (C=O) groups excluding carboxylic acids is 1. The van der Waals surface area contributed by atoms with Crippen LogP contribution in [-0.2, 0) is 11.8 Å². The molecular formula is C9H11BrN2O. The molecule has 0 radical (unpaired) electrons. The first kappa shape index (κ1) is 8.94. The Bertz CT molecular complexity index is 326. The van der Waals surface area contributed by atoms with E-state index in [4.69, 9.17) is 0 Å². The van der Waals surface area contributed by atoms with Crippen molar-refractivity contribution in [1.29, 1.82) is 0 Å². The third-order valence-corrected chi connectivity index (χ3v) is 3.18. The Labute approximate surface area is 85.3 Å². The summed E-state index contributed by atoms with van der Waals surface area (Å²) in [4.78, 5) is 11.1. The fourth-order valence-electron chi connectivity index (χ4n) is 1.93. The van der Waals surface area contributed by atoms with Crippen molar-refractivity contribution < 1.29 is 4.79 Å². The van der Waals surface area contributed by atoms with Gasteiger partial charge in [-0.25, -0.2) is 0 Å². The zero-order valence-electron chi connectivity index (χ0n) is 7.46. The Morgan fingerprint density at radius 2 is 2.46 bits per heavy atom. The van der Waals surface area contributed by atoms with Gasteiger partial charge in [-0.3, -0.25) is 9.48 Å². The van der Waals surface area contributed by atoms with Crippen LogP contribution in [0.5, 0.6) is 0 Å². The molecule has 0 aromatic carbocycles. The molecule has 13 heavy (non-hydrogen) atoms. The topological polar surface area (TPSA) is 34.9 Å². The minimum Gasteiger partial charge on any atom is -0.300 e. The van der Waals surface area contributed by atoms with Gasteiger partial charge in [0.25, 0.3) is 0 Å². The van der Waals surface area contributed by atoms with E-state index in [0.717, 1.165) is 23.0 Å². The second-order valence-electron chi connectivity index (χ2n) is 3.48. The second-order valence-corrected chi connectivity index (χ2v) is 4.33. The third-order valence-electron chi connectivity index (χ3n) is 2.57. The van der Waals surface area contributed by atoms with Crippen LogP contribution in [-0.4, -0.2) is 15.6 Å². The smallest absolute Gasteiger partial charge is 0.133 e. The van der Waals surface area contributed by atoms with Crippen LogP contribution in [0.15, 0.2) is 10.7 Å². The van der Waals surface area contributed by atoms with Crippen LogP contribution in [0.2, 0.25) is 0 Å². The monoisotopic (exact) mass is 242 g/mol. The van der Waals surface area contributed by atoms with Crippen molar-refractivity contribution in [3.05, 3.63) is 16.4 Å². The number of aryl methyl sites for hydroxylation is 1. The number of nitrogens with zero attached hydrogens (tertiary/aromatic N) is 2. The van der Waals surface area contributed by atoms with Crippen molar-refractivity contribution in [2.45, 2.75) is 25.2 Å². The zero-order valence-corrected chi connectivity index (χ0v) is 9.04. The van der Waals surface area contributed by atoms with Gasteiger partial charge in [0.2, 0.25) is 0 Å². The predicted molar refractivity (Wildman–Crippen MR) is 52.5 cm³/mol. The highest BCUT2D eigenvalue weighted by atomic mass is 79.9. The fourth-order valence-corrected chi connectivity index (χ4v) is 2.60. The van der Waals surface area contributed by atoms with Crippen molar-refractivity contribution in [2.75, 3.05) is 0 Å². The average Bonchev–Trinajstić information content (AvgIpc) is 2.60. The molecule has 1 aromatic rings. The molecule has 1 unspecified atom stereocenters. The molecular weight excluding hydrogens is 232 g/mol. The number of carbonyl (C=O) groups is 1. The van der Waals surface area contributed by atoms with Gasteiger partial charge in [0, 0.05) is 25.8 Å². The van der Waals surface area contributed by atoms with Crippen LogP contribution in [0.1, 0.15) is 30.9 Å². The maximum Gasteiger partial charge on any atom is 0.133 e. The molecule has 3 nitrogen and oxygen atoms in total. The average molecular weight is 243 g/mol. The summed E-state index contributed by atoms with van der Waals surface area (Å²) in [7, 11) is 1.92. The Hall–Kier alpha value is -0.640. The second kappa shape index (κ2) is 3.25. The number of aromatic nitrogens is 2. The maximum atomic E-state index is 11.1. The highest BCUT2D eigenvalue weighted by Gasteiger charge is 2.27. The molecule has 1 saturated carbocycles. The van der Waals surface area contributed by atoms with Crippen molar-refractivity contribution in [3.63, 3.8) is 0 Å². The summed E-state index contributed by atoms with van der Waals surface area (Å²) in [5.74, 6) is 0.743. The number of halogens is 1. The van der Waals surface area contributed by atoms with Gasteiger partial charge in [0.1, 0.15) is 5.78 Å². The van der Waals surface area contributed by atoms with Gasteiger partial charge in [-0.15, -0.1) is 0 Å². The first-order valence-electron chi connectivity index (χ1n) is 4.37. The lowest BCUT2D eigenvalue weighted by atomic mass is 10.0. The molecule has 4 heteroatoms. The molecule has 70 valence electrons. The quantitative estimate of drug-likeness (QED) is 0.756. The van der Waals surface area contributed by atoms with Crippen molar-refractivity contribution in [2.24, 2.45) is 7.05 Å². The summed E-state index contributed by atoms with van der Waals surface area (Å²) in [5, 5.41) is 4.14. The molecule has 0 aliphatic heterocycles. The van der Waals surface area contributed by atoms with Crippen LogP contribution >= 0.6 is 15.9 Å². The summed E-state index contributed by atoms with van der Waals surface area (Å²) in [6.07, 6.45) is 4.16. The fraction of sp³-hybridized carbons (Fsp3) is 0.556. The Kier molecular flexibility index (Phi) is 2.24. The highest BCUT2D eigenvalue weighted by molar-refractivity contribution is 9.10. The largest absolute Gasteiger partial charge is 0.300 e. The van der Waals surface area contributed by atoms with Gasteiger partial charge in [-0.1, -0.05) is 0 Å². The SMILES string of the molecule is Cn1ncc(Br)c1C1CCC(=O)C1. The molecule has 0 N–H and O–H groups in total. The molecule has 1 atom stereocenters. The van der Waals surface area contributed by atoms with Crippen LogP contribution in [0, 0.1) is 0 Å². The van der Waals surface area contributed by atoms with E-state index in [0.29, 0.717) is 18.1 Å². The van der Waals surface area contributed by atoms with Crippen molar-refractivity contribution in [1.82, 2.24) is 9.78 Å². The van der Waals surface area contributed by atoms with E-state index in [9.17, 15) is 4.79 Å². The van der Waals surface area contributed by atoms with Gasteiger partial charge in [-0.2, -0.15) is 5.10 Å². The Balaban J connectivity index is 2.30. The lowest BCUT2D eigenvalue weighted by molar-refractivity contribution is -0.117. The molecule has 0 amide bonds. The minimum absolute atomic E-state index is 0.370. The van der Waals surface area contributed by atoms with Crippen molar-refractivity contribution >= 4 is 21.7 Å². The molecule has 1 aliphatic rings. The zero-order chi connectivity index (χ0) is 9.42. The van der Waals surface area contributed by atoms with E-state index < -0.39 is 0 Å². The molecule has 0 spiro atoms. The first-order chi connectivity index (χ1) is 6.18. The van der Waals surface area contributed by atoms with Gasteiger partial charge in [0.15, 0.2) is 0 Å². The normalized spacial score (nSPS) is 22.6. The van der Waals surface area contributed by atoms with Gasteiger partial charge < -0.3 is 0 Å². The summed E-state index contributed by atoms with van der Waals surface area (Å²) in [5.41, 5.74) is 1.16. The number of Topliss-reactive ketones (excluding diaryl/α,β-unsaturated/α-hetero) is 1. The molecule has 0 saturated heterocycles. The van der Waals surface area contributed by atoms with E-state index in [1.165, 1.54) is 0 Å². The summed E-state index contributed by atoms with van der Waals surface area (Å²) in [6, 6.07) is 0. The number of ketones is 1. The summed E-state index contributed by atoms with van der Waals surface area (Å²) >= 11 is 3.45. The van der Waals surface area contributed by atoms with Crippen molar-refractivity contribution in [3.8, 4) is 0 Å². The minimum atomic E-state index is 0.370. The first-order valence-corrected chi connectivity index (χ1v) is 5.17. The lowest BCUT2D eigenvalue weighted by Crippen LogP contribution is -2.03. The molecule has 2 rings (SSSR count). The summed E-state index contributed by atoms with van der Waals surface area (Å²) < 4.78 is 2.88. The van der Waals surface area contributed by atoms with Gasteiger partial charge in [-0.05, 0) is 22.4 Å². The number of hydrogen-bond acceptors (Lipinski definition) is 2. The van der Waals surface area contributed by atoms with Gasteiger partial charge in [0.05, 0.1) is 16.4 Å². The van der Waals surface area contributed by atoms with E-state index in [1.807, 2.05) is 11.7 Å². The van der Waals surface area contributed by atoms with Crippen LogP contribution in [0.25, 0.3) is 0 Å². The van der Waals surface area contributed by atoms with E-state index >= 15 is 0 Å². The van der Waals surface area contributed by atoms with Crippen LogP contribution in [0.3, 0.4) is 0 Å². The third kappa shape index (κ3) is 1.55. The molecule has 1 fully saturated rings. The van der Waals surface area contributed by atoms with E-state index in [2.05, 4.69) is 21.0 Å². The summed E-state index contributed by atoms with van der Waals surface area (Å²) in [6.45, 7) is 0. The molecule has 1 aromatic heterocycles. The molecule has 1 heterocycles. The predicted octanol–water partition coefficient (Wildman–Crippen LogP) is 2.02. The van der Waals surface area contributed by atoms with E-state index in [1.54, 1.807) is 6.20 Å². The van der Waals surface area contributed by atoms with Gasteiger partial charge >= 0.3 is 0 Å². The maximum absolute atomic E-state index is 11.1. The lowest BCUT2D eigenvalue weighted by Gasteiger charge is -2.08. The Morgan fingerprint density at radius 3 is 2.92 bits per heavy atom. The number of hydrogen-bond donors (Lipinski definition) is 0. The Morgan fingerprint density at radius 1 is 1.69 bits per heavy atom. The standard InChI is InChI=1S/C9H11BrN2O/c1-12-9(8(10)5-11-12)6-2-3-7(13)4-6/h5-6H,2-4H2,1H3. The van der Waals surface area contributed by atoms with Crippen LogP contribution < -0.4 is 0 Å². The van der Waals surface area contributed by atoms with E-state index in [-0.39, 0.29) is 0 Å². The number of rotatable bonds is 1. The molecule has 0 bridgehead atoms. The van der Waals surface area contributed by atoms with Crippen LogP contribution in [0.4, 0.5) is 0 Å². The molecule has 1 aliphatic carbocycles.